The summed E-state index contributed by atoms with van der Waals surface area (Å²) < 4.78 is 0. The standard InChI is InChI=1S/C12H23NO2S/c1-16-9-5-3-2-4-8-13-11(12(14)15)10-6-7-10/h10-11,13H,2-9H2,1H3,(H,14,15). The molecule has 1 aliphatic carbocycles. The summed E-state index contributed by atoms with van der Waals surface area (Å²) in [5.41, 5.74) is 0. The maximum Gasteiger partial charge on any atom is 0.320 e. The van der Waals surface area contributed by atoms with Crippen LogP contribution in [0.5, 0.6) is 0 Å². The minimum absolute atomic E-state index is 0.286. The Morgan fingerprint density at radius 1 is 1.38 bits per heavy atom. The Kier molecular flexibility index (Phi) is 6.88. The van der Waals surface area contributed by atoms with Gasteiger partial charge in [0.1, 0.15) is 6.04 Å². The molecule has 0 amide bonds. The van der Waals surface area contributed by atoms with E-state index < -0.39 is 5.97 Å². The third-order valence-corrected chi connectivity index (χ3v) is 3.70. The van der Waals surface area contributed by atoms with Crippen LogP contribution in [-0.2, 0) is 4.79 Å². The zero-order valence-electron chi connectivity index (χ0n) is 10.1. The molecule has 3 nitrogen and oxygen atoms in total. The number of carbonyl (C=O) groups is 1. The summed E-state index contributed by atoms with van der Waals surface area (Å²) >= 11 is 1.89. The third kappa shape index (κ3) is 5.75. The van der Waals surface area contributed by atoms with Gasteiger partial charge in [-0.3, -0.25) is 4.79 Å². The number of carboxylic acid groups (broad SMARTS) is 1. The molecule has 1 saturated carbocycles. The van der Waals surface area contributed by atoms with Gasteiger partial charge < -0.3 is 10.4 Å². The van der Waals surface area contributed by atoms with Crippen LogP contribution in [0, 0.1) is 5.92 Å². The normalized spacial score (nSPS) is 17.3. The van der Waals surface area contributed by atoms with Crippen molar-refractivity contribution in [3.63, 3.8) is 0 Å². The lowest BCUT2D eigenvalue weighted by Crippen LogP contribution is -2.39. The van der Waals surface area contributed by atoms with E-state index in [9.17, 15) is 4.79 Å². The van der Waals surface area contributed by atoms with Gasteiger partial charge in [0.25, 0.3) is 0 Å². The molecule has 0 saturated heterocycles. The quantitative estimate of drug-likeness (QED) is 0.580. The zero-order chi connectivity index (χ0) is 11.8. The van der Waals surface area contributed by atoms with Crippen LogP contribution in [0.1, 0.15) is 38.5 Å². The van der Waals surface area contributed by atoms with Crippen LogP contribution in [0.15, 0.2) is 0 Å². The molecule has 0 spiro atoms. The molecule has 1 fully saturated rings. The van der Waals surface area contributed by atoms with Gasteiger partial charge in [-0.1, -0.05) is 12.8 Å². The number of hydrogen-bond acceptors (Lipinski definition) is 3. The predicted octanol–water partition coefficient (Wildman–Crippen LogP) is 2.36. The molecule has 0 aromatic heterocycles. The van der Waals surface area contributed by atoms with Gasteiger partial charge in [0.05, 0.1) is 0 Å². The van der Waals surface area contributed by atoms with Crippen molar-refractivity contribution in [2.24, 2.45) is 5.92 Å². The number of rotatable bonds is 10. The molecular formula is C12H23NO2S. The predicted molar refractivity (Wildman–Crippen MR) is 69.0 cm³/mol. The highest BCUT2D eigenvalue weighted by atomic mass is 32.2. The van der Waals surface area contributed by atoms with E-state index in [1.54, 1.807) is 0 Å². The Balaban J connectivity index is 1.94. The van der Waals surface area contributed by atoms with Crippen LogP contribution < -0.4 is 5.32 Å². The summed E-state index contributed by atoms with van der Waals surface area (Å²) in [6.07, 6.45) is 9.16. The summed E-state index contributed by atoms with van der Waals surface area (Å²) in [4.78, 5) is 10.9. The van der Waals surface area contributed by atoms with E-state index >= 15 is 0 Å². The van der Waals surface area contributed by atoms with Crippen LogP contribution in [0.4, 0.5) is 0 Å². The van der Waals surface area contributed by atoms with Crippen molar-refractivity contribution in [3.8, 4) is 0 Å². The third-order valence-electron chi connectivity index (χ3n) is 3.00. The van der Waals surface area contributed by atoms with Crippen LogP contribution in [0.3, 0.4) is 0 Å². The molecule has 0 aromatic carbocycles. The Labute approximate surface area is 102 Å². The van der Waals surface area contributed by atoms with Crippen LogP contribution >= 0.6 is 11.8 Å². The van der Waals surface area contributed by atoms with Gasteiger partial charge in [0, 0.05) is 0 Å². The van der Waals surface area contributed by atoms with Crippen LogP contribution in [0.2, 0.25) is 0 Å². The minimum atomic E-state index is -0.676. The largest absolute Gasteiger partial charge is 0.480 e. The molecule has 2 N–H and O–H groups in total. The Hall–Kier alpha value is -0.220. The smallest absolute Gasteiger partial charge is 0.320 e. The van der Waals surface area contributed by atoms with Crippen LogP contribution in [0.25, 0.3) is 0 Å². The van der Waals surface area contributed by atoms with Gasteiger partial charge >= 0.3 is 5.97 Å². The summed E-state index contributed by atoms with van der Waals surface area (Å²) in [6.45, 7) is 0.854. The van der Waals surface area contributed by atoms with E-state index in [-0.39, 0.29) is 6.04 Å². The molecule has 4 heteroatoms. The molecule has 0 aromatic rings. The molecule has 1 aliphatic rings. The number of hydrogen-bond donors (Lipinski definition) is 2. The Morgan fingerprint density at radius 3 is 2.62 bits per heavy atom. The number of unbranched alkanes of at least 4 members (excludes halogenated alkanes) is 3. The lowest BCUT2D eigenvalue weighted by Gasteiger charge is -2.12. The SMILES string of the molecule is CSCCCCCCNC(C(=O)O)C1CC1. The number of carboxylic acids is 1. The fourth-order valence-corrected chi connectivity index (χ4v) is 2.36. The Bertz CT molecular complexity index is 207. The summed E-state index contributed by atoms with van der Waals surface area (Å²) in [7, 11) is 0. The minimum Gasteiger partial charge on any atom is -0.480 e. The monoisotopic (exact) mass is 245 g/mol. The first-order valence-electron chi connectivity index (χ1n) is 6.21. The highest BCUT2D eigenvalue weighted by Gasteiger charge is 2.35. The number of thioether (sulfide) groups is 1. The van der Waals surface area contributed by atoms with Crippen molar-refractivity contribution in [3.05, 3.63) is 0 Å². The molecule has 16 heavy (non-hydrogen) atoms. The van der Waals surface area contributed by atoms with Crippen LogP contribution in [-0.4, -0.2) is 35.7 Å². The molecule has 1 unspecified atom stereocenters. The van der Waals surface area contributed by atoms with Gasteiger partial charge in [-0.2, -0.15) is 11.8 Å². The first-order chi connectivity index (χ1) is 7.75. The van der Waals surface area contributed by atoms with E-state index in [4.69, 9.17) is 5.11 Å². The van der Waals surface area contributed by atoms with Crippen molar-refractivity contribution in [2.45, 2.75) is 44.6 Å². The molecule has 1 atom stereocenters. The first kappa shape index (κ1) is 13.8. The Morgan fingerprint density at radius 2 is 2.06 bits per heavy atom. The molecule has 1 rings (SSSR count). The van der Waals surface area contributed by atoms with E-state index in [0.29, 0.717) is 5.92 Å². The lowest BCUT2D eigenvalue weighted by atomic mass is 10.1. The molecule has 94 valence electrons. The molecule has 0 radical (unpaired) electrons. The zero-order valence-corrected chi connectivity index (χ0v) is 10.9. The van der Waals surface area contributed by atoms with E-state index in [2.05, 4.69) is 11.6 Å². The van der Waals surface area contributed by atoms with E-state index in [1.807, 2.05) is 11.8 Å². The van der Waals surface area contributed by atoms with E-state index in [1.165, 1.54) is 25.0 Å². The van der Waals surface area contributed by atoms with Gasteiger partial charge in [-0.05, 0) is 50.2 Å². The molecule has 0 aliphatic heterocycles. The van der Waals surface area contributed by atoms with Gasteiger partial charge in [-0.25, -0.2) is 0 Å². The topological polar surface area (TPSA) is 49.3 Å². The first-order valence-corrected chi connectivity index (χ1v) is 7.60. The van der Waals surface area contributed by atoms with Crippen molar-refractivity contribution < 1.29 is 9.90 Å². The second-order valence-corrected chi connectivity index (χ2v) is 5.50. The van der Waals surface area contributed by atoms with Gasteiger partial charge in [0.2, 0.25) is 0 Å². The highest BCUT2D eigenvalue weighted by Crippen LogP contribution is 2.32. The second-order valence-electron chi connectivity index (χ2n) is 4.51. The van der Waals surface area contributed by atoms with Gasteiger partial charge in [0.15, 0.2) is 0 Å². The molecular weight excluding hydrogens is 222 g/mol. The fraction of sp³-hybridized carbons (Fsp3) is 0.917. The fourth-order valence-electron chi connectivity index (χ4n) is 1.87. The summed E-state index contributed by atoms with van der Waals surface area (Å²) in [5.74, 6) is 0.964. The maximum atomic E-state index is 10.9. The van der Waals surface area contributed by atoms with Crippen molar-refractivity contribution >= 4 is 17.7 Å². The van der Waals surface area contributed by atoms with Crippen molar-refractivity contribution in [1.29, 1.82) is 0 Å². The summed E-state index contributed by atoms with van der Waals surface area (Å²) in [6, 6.07) is -0.286. The average molecular weight is 245 g/mol. The second kappa shape index (κ2) is 7.96. The van der Waals surface area contributed by atoms with Crippen molar-refractivity contribution in [2.75, 3.05) is 18.6 Å². The maximum absolute atomic E-state index is 10.9. The average Bonchev–Trinajstić information content (AvgIpc) is 3.05. The number of aliphatic carboxylic acids is 1. The van der Waals surface area contributed by atoms with Gasteiger partial charge in [-0.15, -0.1) is 0 Å². The highest BCUT2D eigenvalue weighted by molar-refractivity contribution is 7.98. The molecule has 0 bridgehead atoms. The van der Waals surface area contributed by atoms with Crippen molar-refractivity contribution in [1.82, 2.24) is 5.32 Å². The lowest BCUT2D eigenvalue weighted by molar-refractivity contribution is -0.140. The molecule has 0 heterocycles. The summed E-state index contributed by atoms with van der Waals surface area (Å²) in [5, 5.41) is 12.2. The van der Waals surface area contributed by atoms with E-state index in [0.717, 1.165) is 25.8 Å². The number of nitrogens with one attached hydrogen (secondary N) is 1.